The van der Waals surface area contributed by atoms with Crippen LogP contribution in [-0.2, 0) is 13.1 Å². The second-order valence-corrected chi connectivity index (χ2v) is 33.8. The average molecular weight is 1890 g/mol. The first-order valence-electron chi connectivity index (χ1n) is 42.5. The normalized spacial score (nSPS) is 15.3. The van der Waals surface area contributed by atoms with E-state index in [1.54, 1.807) is 56.0 Å². The number of halogens is 3. The number of pyridine rings is 1. The molecule has 0 unspecified atom stereocenters. The van der Waals surface area contributed by atoms with Crippen molar-refractivity contribution in [3.05, 3.63) is 405 Å². The molecule has 652 valence electrons. The Morgan fingerprint density at radius 3 is 1.17 bits per heavy atom. The lowest BCUT2D eigenvalue weighted by molar-refractivity contribution is 0.0986. The fourth-order valence-electron chi connectivity index (χ4n) is 17.2. The molecule has 0 spiro atoms. The van der Waals surface area contributed by atoms with Gasteiger partial charge in [-0.05, 0) is 207 Å². The van der Waals surface area contributed by atoms with Gasteiger partial charge in [-0.2, -0.15) is 0 Å². The van der Waals surface area contributed by atoms with E-state index in [9.17, 15) is 28.4 Å². The van der Waals surface area contributed by atoms with Crippen LogP contribution in [0.5, 0.6) is 0 Å². The number of terminal acetylenes is 3. The molecule has 5 aliphatic heterocycles. The lowest BCUT2D eigenvalue weighted by Crippen LogP contribution is -2.15. The summed E-state index contributed by atoms with van der Waals surface area (Å²) in [5, 5.41) is 0.584. The number of nitrogens with two attached hydrogens (primary N) is 5. The SMILES string of the molecule is C#Cc1ccc2c(c1)C(c1ccccc1)=N[C@@H](C)c1c(C(N)=O)ncn1-2.C#Cc1ccc2c(c1)C(c1ccccc1Cl)=N[C@@H](C)c1c(C(N)=O)ncn1-2.C#Cc1ccc2c(c1)C(c1ccccn1)=N[C@@H](C)c1c(C(N)=O)ncn1-2.NC(=O)c1ncn2c1CN=C(c1ccccc1F)c1cc(C3CC3)ccc1-2.NC(=O)c1ncn2c1CN=C(c1ccccc1I)c1cc(C3CC3)ccc1-2. The van der Waals surface area contributed by atoms with Crippen molar-refractivity contribution in [2.75, 3.05) is 0 Å². The molecule has 5 amide bonds. The highest BCUT2D eigenvalue weighted by atomic mass is 127. The van der Waals surface area contributed by atoms with Crippen molar-refractivity contribution in [2.45, 2.75) is 89.5 Å². The van der Waals surface area contributed by atoms with Gasteiger partial charge in [0.05, 0.1) is 122 Å². The van der Waals surface area contributed by atoms with Gasteiger partial charge >= 0.3 is 0 Å². The molecule has 15 aromatic rings. The molecular weight excluding hydrogens is 1800 g/mol. The number of aliphatic imine (C=N–C) groups is 5. The van der Waals surface area contributed by atoms with Crippen LogP contribution in [0.3, 0.4) is 0 Å². The fraction of sp³-hybridized carbons (Fsp3) is 0.135. The zero-order valence-corrected chi connectivity index (χ0v) is 74.7. The molecule has 2 aliphatic carbocycles. The van der Waals surface area contributed by atoms with Crippen LogP contribution in [0.4, 0.5) is 4.39 Å². The van der Waals surface area contributed by atoms with Crippen molar-refractivity contribution in [3.8, 4) is 65.5 Å². The number of aromatic nitrogens is 11. The molecule has 0 bridgehead atoms. The highest BCUT2D eigenvalue weighted by Gasteiger charge is 2.36. The Balaban J connectivity index is 0.000000111. The zero-order chi connectivity index (χ0) is 92.7. The lowest BCUT2D eigenvalue weighted by Gasteiger charge is -2.14. The van der Waals surface area contributed by atoms with E-state index < -0.39 is 29.5 Å². The molecule has 0 saturated heterocycles. The average Bonchev–Trinajstić information content (AvgIpc) is 1.74. The van der Waals surface area contributed by atoms with Gasteiger partial charge in [0.15, 0.2) is 28.5 Å². The van der Waals surface area contributed by atoms with Gasteiger partial charge in [-0.15, -0.1) is 19.3 Å². The predicted octanol–water partition coefficient (Wildman–Crippen LogP) is 15.8. The molecular formula is C104H80ClFIN21O5. The third kappa shape index (κ3) is 16.9. The van der Waals surface area contributed by atoms with Crippen molar-refractivity contribution < 1.29 is 28.4 Å². The van der Waals surface area contributed by atoms with E-state index in [2.05, 4.69) is 118 Å². The highest BCUT2D eigenvalue weighted by Crippen LogP contribution is 2.45. The Bertz CT molecular complexity index is 7280. The summed E-state index contributed by atoms with van der Waals surface area (Å²) in [7, 11) is 0. The maximum atomic E-state index is 14.6. The summed E-state index contributed by atoms with van der Waals surface area (Å²) in [4.78, 5) is 109. The Hall–Kier alpha value is -16.5. The minimum Gasteiger partial charge on any atom is -0.364 e. The first kappa shape index (κ1) is 87.2. The van der Waals surface area contributed by atoms with Crippen molar-refractivity contribution >= 4 is 92.3 Å². The number of amides is 5. The molecule has 3 atom stereocenters. The van der Waals surface area contributed by atoms with E-state index in [1.165, 1.54) is 42.9 Å². The third-order valence-corrected chi connectivity index (χ3v) is 25.1. The number of carbonyl (C=O) groups excluding carboxylic acids is 5. The summed E-state index contributed by atoms with van der Waals surface area (Å²) in [6, 6.07) is 66.7. The predicted molar refractivity (Wildman–Crippen MR) is 517 cm³/mol. The Kier molecular flexibility index (Phi) is 24.0. The van der Waals surface area contributed by atoms with Crippen molar-refractivity contribution in [2.24, 2.45) is 53.6 Å². The number of benzene rings is 9. The van der Waals surface area contributed by atoms with E-state index in [4.69, 9.17) is 79.5 Å². The second kappa shape index (κ2) is 36.6. The Morgan fingerprint density at radius 2 is 0.737 bits per heavy atom. The molecule has 29 heteroatoms. The molecule has 2 saturated carbocycles. The quantitative estimate of drug-likeness (QED) is 0.0565. The number of hydrogen-bond donors (Lipinski definition) is 5. The first-order valence-corrected chi connectivity index (χ1v) is 43.9. The highest BCUT2D eigenvalue weighted by molar-refractivity contribution is 14.1. The number of fused-ring (bicyclic) bond motifs is 15. The van der Waals surface area contributed by atoms with E-state index in [-0.39, 0.29) is 53.3 Å². The van der Waals surface area contributed by atoms with Crippen LogP contribution in [0, 0.1) is 46.4 Å². The summed E-state index contributed by atoms with van der Waals surface area (Å²) < 4.78 is 25.1. The van der Waals surface area contributed by atoms with Crippen LogP contribution < -0.4 is 28.7 Å². The summed E-state index contributed by atoms with van der Waals surface area (Å²) in [6.45, 7) is 6.29. The van der Waals surface area contributed by atoms with Gasteiger partial charge in [0.1, 0.15) is 37.5 Å². The fourth-order valence-corrected chi connectivity index (χ4v) is 18.1. The Labute approximate surface area is 781 Å². The number of hydrogen-bond acceptors (Lipinski definition) is 16. The second-order valence-electron chi connectivity index (χ2n) is 32.2. The third-order valence-electron chi connectivity index (χ3n) is 23.8. The molecule has 26 nitrogen and oxygen atoms in total. The minimum atomic E-state index is -0.593. The number of primary amides is 5. The topological polar surface area (TPSA) is 379 Å². The first-order chi connectivity index (χ1) is 64.5. The van der Waals surface area contributed by atoms with Gasteiger partial charge in [0.2, 0.25) is 0 Å². The van der Waals surface area contributed by atoms with Gasteiger partial charge < -0.3 is 28.7 Å². The van der Waals surface area contributed by atoms with Crippen molar-refractivity contribution in [1.29, 1.82) is 0 Å². The van der Waals surface area contributed by atoms with Gasteiger partial charge in [-0.25, -0.2) is 29.3 Å². The largest absolute Gasteiger partial charge is 0.364 e. The number of imidazole rings is 5. The van der Waals surface area contributed by atoms with Crippen LogP contribution in [0.15, 0.2) is 275 Å². The zero-order valence-electron chi connectivity index (χ0n) is 71.8. The summed E-state index contributed by atoms with van der Waals surface area (Å²) in [5.74, 6) is 6.03. The summed E-state index contributed by atoms with van der Waals surface area (Å²) in [6.07, 6.45) is 31.4. The number of carbonyl (C=O) groups is 5. The van der Waals surface area contributed by atoms with Gasteiger partial charge in [0, 0.05) is 81.6 Å². The lowest BCUT2D eigenvalue weighted by atomic mass is 9.96. The van der Waals surface area contributed by atoms with Gasteiger partial charge in [-0.3, -0.25) is 76.8 Å². The molecule has 133 heavy (non-hydrogen) atoms. The summed E-state index contributed by atoms with van der Waals surface area (Å²) >= 11 is 8.80. The van der Waals surface area contributed by atoms with Gasteiger partial charge in [0.25, 0.3) is 29.5 Å². The maximum Gasteiger partial charge on any atom is 0.269 e. The summed E-state index contributed by atoms with van der Waals surface area (Å²) in [5.41, 5.74) is 53.5. The van der Waals surface area contributed by atoms with E-state index in [1.807, 2.05) is 189 Å². The van der Waals surface area contributed by atoms with Crippen molar-refractivity contribution in [3.63, 3.8) is 0 Å². The van der Waals surface area contributed by atoms with Crippen molar-refractivity contribution in [1.82, 2.24) is 52.7 Å². The molecule has 11 heterocycles. The Morgan fingerprint density at radius 1 is 0.376 bits per heavy atom. The molecule has 22 rings (SSSR count). The molecule has 0 radical (unpaired) electrons. The van der Waals surface area contributed by atoms with Crippen LogP contribution in [0.25, 0.3) is 28.4 Å². The van der Waals surface area contributed by atoms with E-state index in [0.717, 1.165) is 116 Å². The minimum absolute atomic E-state index is 0.200. The van der Waals surface area contributed by atoms with Gasteiger partial charge in [-0.1, -0.05) is 126 Å². The molecule has 2 fully saturated rings. The smallest absolute Gasteiger partial charge is 0.269 e. The van der Waals surface area contributed by atoms with Crippen LogP contribution in [-0.4, -0.2) is 111 Å². The van der Waals surface area contributed by atoms with Crippen LogP contribution in [0.1, 0.15) is 241 Å². The molecule has 9 aromatic carbocycles. The molecule has 7 aliphatic rings. The standard InChI is InChI=1S/C21H15ClN4O.C21H17FN4O.C21H17IN4O.C21H16N4O.C20H15N5O/c1-3-13-8-9-17-15(10-13)18(14-6-4-5-7-16(14)22)25-12(2)20-19(21(23)27)24-11-26(17)20;2*22-16-4-2-1-3-14(16)19-15-9-13(12-5-6-12)7-8-17(15)26-11-25-20(21(23)27)18(26)10-24-19;1-3-14-9-10-17-16(11-14)18(15-7-5-4-6-8-15)24-13(2)20-19(21(22)26)23-12-25(17)20;1-3-13-7-8-16-14(10-13)17(15-6-4-5-9-22-15)24-12(2)19-18(20(21)26)23-11-25(16)19/h1,4-12H,2H3,(H2,23,27);2*1-4,7-9,11-12H,5-6,10H2,(H2,23,27);1,4-13H,2H3,(H2,22,26);1,4-12H,2H3,(H2,21,26)/t12-;;;13-;12-/m0..00/s1. The number of nitrogens with zero attached hydrogens (tertiary/aromatic N) is 16. The molecule has 10 N–H and O–H groups in total. The van der Waals surface area contributed by atoms with Crippen LogP contribution in [0.2, 0.25) is 5.02 Å². The van der Waals surface area contributed by atoms with E-state index >= 15 is 0 Å². The maximum absolute atomic E-state index is 14.6. The molecule has 6 aromatic heterocycles. The number of rotatable bonds is 12. The monoisotopic (exact) mass is 1880 g/mol. The van der Waals surface area contributed by atoms with E-state index in [0.29, 0.717) is 74.6 Å². The van der Waals surface area contributed by atoms with Crippen LogP contribution >= 0.6 is 34.2 Å².